The van der Waals surface area contributed by atoms with Gasteiger partial charge in [-0.15, -0.1) is 0 Å². The molecule has 1 aromatic rings. The summed E-state index contributed by atoms with van der Waals surface area (Å²) in [6.45, 7) is 6.25. The van der Waals surface area contributed by atoms with E-state index in [0.717, 1.165) is 18.2 Å². The molecular weight excluding hydrogens is 325 g/mol. The summed E-state index contributed by atoms with van der Waals surface area (Å²) < 4.78 is 49.0. The fourth-order valence-corrected chi connectivity index (χ4v) is 1.79. The Morgan fingerprint density at radius 1 is 0.958 bits per heavy atom. The van der Waals surface area contributed by atoms with E-state index in [-0.39, 0.29) is 5.56 Å². The molecule has 0 atom stereocenters. The van der Waals surface area contributed by atoms with Crippen molar-refractivity contribution in [2.45, 2.75) is 46.1 Å². The number of benzene rings is 1. The number of rotatable bonds is 5. The van der Waals surface area contributed by atoms with Crippen LogP contribution in [0.5, 0.6) is 0 Å². The maximum Gasteiger partial charge on any atom is 0.416 e. The first-order valence-corrected chi connectivity index (χ1v) is 7.32. The Bertz CT molecular complexity index is 607. The van der Waals surface area contributed by atoms with Crippen LogP contribution in [0.2, 0.25) is 0 Å². The molecule has 0 aromatic heterocycles. The van der Waals surface area contributed by atoms with Crippen molar-refractivity contribution in [1.82, 2.24) is 0 Å². The van der Waals surface area contributed by atoms with Gasteiger partial charge in [0.05, 0.1) is 17.8 Å². The second kappa shape index (κ2) is 7.99. The summed E-state index contributed by atoms with van der Waals surface area (Å²) in [5.74, 6) is -2.07. The molecule has 0 bridgehead atoms. The van der Waals surface area contributed by atoms with Gasteiger partial charge in [-0.2, -0.15) is 13.2 Å². The highest BCUT2D eigenvalue weighted by Gasteiger charge is 2.33. The van der Waals surface area contributed by atoms with Gasteiger partial charge in [-0.25, -0.2) is 9.59 Å². The first-order valence-electron chi connectivity index (χ1n) is 7.32. The summed E-state index contributed by atoms with van der Waals surface area (Å²) in [5.41, 5.74) is -1.87. The average molecular weight is 344 g/mol. The molecule has 0 saturated carbocycles. The van der Waals surface area contributed by atoms with E-state index in [1.165, 1.54) is 12.1 Å². The van der Waals surface area contributed by atoms with E-state index in [9.17, 15) is 22.8 Å². The van der Waals surface area contributed by atoms with Gasteiger partial charge in [0.2, 0.25) is 0 Å². The number of carbonyl (C=O) groups excluding carboxylic acids is 2. The van der Waals surface area contributed by atoms with E-state index < -0.39 is 41.5 Å². The topological polar surface area (TPSA) is 52.6 Å². The summed E-state index contributed by atoms with van der Waals surface area (Å²) in [4.78, 5) is 24.1. The summed E-state index contributed by atoms with van der Waals surface area (Å²) in [5, 5.41) is 0. The second-order valence-corrected chi connectivity index (χ2v) is 5.55. The van der Waals surface area contributed by atoms with E-state index in [2.05, 4.69) is 0 Å². The van der Waals surface area contributed by atoms with Gasteiger partial charge in [0.25, 0.3) is 0 Å². The first kappa shape index (κ1) is 19.7. The molecule has 1 aromatic carbocycles. The van der Waals surface area contributed by atoms with E-state index >= 15 is 0 Å². The Kier molecular flexibility index (Phi) is 6.57. The van der Waals surface area contributed by atoms with Crippen LogP contribution in [0.4, 0.5) is 13.2 Å². The predicted octanol–water partition coefficient (Wildman–Crippen LogP) is 3.99. The number of halogens is 3. The summed E-state index contributed by atoms with van der Waals surface area (Å²) in [6.07, 6.45) is -4.85. The van der Waals surface area contributed by atoms with Crippen LogP contribution in [0.3, 0.4) is 0 Å². The standard InChI is InChI=1S/C17H19F3O4/c1-10(2)23-15(21)13(16(22)24-11(3)4)9-12-7-5-6-8-14(12)17(18,19)20/h5-11H,1-4H3. The fraction of sp³-hybridized carbons (Fsp3) is 0.412. The molecule has 0 radical (unpaired) electrons. The Hall–Kier alpha value is -2.31. The summed E-state index contributed by atoms with van der Waals surface area (Å²) in [7, 11) is 0. The monoisotopic (exact) mass is 344 g/mol. The number of hydrogen-bond donors (Lipinski definition) is 0. The number of alkyl halides is 3. The first-order chi connectivity index (χ1) is 11.0. The molecule has 4 nitrogen and oxygen atoms in total. The fourth-order valence-electron chi connectivity index (χ4n) is 1.79. The van der Waals surface area contributed by atoms with Crippen LogP contribution in [-0.4, -0.2) is 24.1 Å². The van der Waals surface area contributed by atoms with Crippen molar-refractivity contribution in [1.29, 1.82) is 0 Å². The van der Waals surface area contributed by atoms with Gasteiger partial charge >= 0.3 is 18.1 Å². The van der Waals surface area contributed by atoms with Crippen molar-refractivity contribution in [3.05, 3.63) is 41.0 Å². The second-order valence-electron chi connectivity index (χ2n) is 5.55. The SMILES string of the molecule is CC(C)OC(=O)C(=Cc1ccccc1C(F)(F)F)C(=O)OC(C)C. The van der Waals surface area contributed by atoms with Gasteiger partial charge in [0, 0.05) is 0 Å². The Morgan fingerprint density at radius 3 is 1.83 bits per heavy atom. The highest BCUT2D eigenvalue weighted by molar-refractivity contribution is 6.17. The highest BCUT2D eigenvalue weighted by Crippen LogP contribution is 2.33. The van der Waals surface area contributed by atoms with Gasteiger partial charge in [-0.1, -0.05) is 18.2 Å². The van der Waals surface area contributed by atoms with Crippen molar-refractivity contribution in [2.75, 3.05) is 0 Å². The maximum atomic E-state index is 13.1. The molecule has 0 heterocycles. The van der Waals surface area contributed by atoms with Crippen LogP contribution in [0.1, 0.15) is 38.8 Å². The number of ether oxygens (including phenoxy) is 2. The lowest BCUT2D eigenvalue weighted by Crippen LogP contribution is -2.23. The van der Waals surface area contributed by atoms with Gasteiger partial charge in [-0.05, 0) is 45.4 Å². The average Bonchev–Trinajstić information content (AvgIpc) is 2.42. The third kappa shape index (κ3) is 5.72. The van der Waals surface area contributed by atoms with Crippen LogP contribution in [0.15, 0.2) is 29.8 Å². The lowest BCUT2D eigenvalue weighted by atomic mass is 10.0. The van der Waals surface area contributed by atoms with Crippen molar-refractivity contribution >= 4 is 18.0 Å². The van der Waals surface area contributed by atoms with E-state index in [0.29, 0.717) is 0 Å². The minimum atomic E-state index is -4.62. The molecule has 7 heteroatoms. The van der Waals surface area contributed by atoms with E-state index in [4.69, 9.17) is 9.47 Å². The zero-order chi connectivity index (χ0) is 18.5. The summed E-state index contributed by atoms with van der Waals surface area (Å²) in [6, 6.07) is 4.62. The number of esters is 2. The Labute approximate surface area is 138 Å². The molecule has 0 aliphatic rings. The third-order valence-electron chi connectivity index (χ3n) is 2.69. The third-order valence-corrected chi connectivity index (χ3v) is 2.69. The molecule has 0 aliphatic heterocycles. The molecule has 1 rings (SSSR count). The normalized spacial score (nSPS) is 11.4. The largest absolute Gasteiger partial charge is 0.459 e. The Morgan fingerprint density at radius 2 is 1.42 bits per heavy atom. The molecule has 132 valence electrons. The zero-order valence-electron chi connectivity index (χ0n) is 13.8. The lowest BCUT2D eigenvalue weighted by molar-refractivity contribution is -0.151. The van der Waals surface area contributed by atoms with Gasteiger partial charge < -0.3 is 9.47 Å². The summed E-state index contributed by atoms with van der Waals surface area (Å²) >= 11 is 0. The minimum Gasteiger partial charge on any atom is -0.459 e. The molecule has 0 N–H and O–H groups in total. The molecule has 0 unspecified atom stereocenters. The van der Waals surface area contributed by atoms with E-state index in [1.807, 2.05) is 0 Å². The van der Waals surface area contributed by atoms with Crippen molar-refractivity contribution in [3.8, 4) is 0 Å². The maximum absolute atomic E-state index is 13.1. The molecule has 0 aliphatic carbocycles. The van der Waals surface area contributed by atoms with Crippen LogP contribution < -0.4 is 0 Å². The van der Waals surface area contributed by atoms with Crippen molar-refractivity contribution in [3.63, 3.8) is 0 Å². The van der Waals surface area contributed by atoms with Crippen LogP contribution in [-0.2, 0) is 25.2 Å². The molecule has 0 amide bonds. The smallest absolute Gasteiger partial charge is 0.416 e. The van der Waals surface area contributed by atoms with Gasteiger partial charge in [-0.3, -0.25) is 0 Å². The predicted molar refractivity (Wildman–Crippen MR) is 81.9 cm³/mol. The molecular formula is C17H19F3O4. The molecule has 0 fully saturated rings. The number of hydrogen-bond acceptors (Lipinski definition) is 4. The Balaban J connectivity index is 3.36. The van der Waals surface area contributed by atoms with Crippen molar-refractivity contribution in [2.24, 2.45) is 0 Å². The molecule has 0 spiro atoms. The molecule has 24 heavy (non-hydrogen) atoms. The zero-order valence-corrected chi connectivity index (χ0v) is 13.8. The minimum absolute atomic E-state index is 0.318. The van der Waals surface area contributed by atoms with Crippen LogP contribution in [0, 0.1) is 0 Å². The quantitative estimate of drug-likeness (QED) is 0.351. The van der Waals surface area contributed by atoms with Crippen LogP contribution >= 0.6 is 0 Å². The number of carbonyl (C=O) groups is 2. The highest BCUT2D eigenvalue weighted by atomic mass is 19.4. The molecule has 0 saturated heterocycles. The van der Waals surface area contributed by atoms with E-state index in [1.54, 1.807) is 27.7 Å². The van der Waals surface area contributed by atoms with Gasteiger partial charge in [0.1, 0.15) is 5.57 Å². The van der Waals surface area contributed by atoms with Crippen LogP contribution in [0.25, 0.3) is 6.08 Å². The van der Waals surface area contributed by atoms with Gasteiger partial charge in [0.15, 0.2) is 0 Å². The lowest BCUT2D eigenvalue weighted by Gasteiger charge is -2.14. The van der Waals surface area contributed by atoms with Crippen molar-refractivity contribution < 1.29 is 32.2 Å².